The molecular formula is C20H25N3O4. The molecule has 0 fully saturated rings. The Kier molecular flexibility index (Phi) is 5.21. The molecule has 0 saturated heterocycles. The van der Waals surface area contributed by atoms with Crippen LogP contribution in [0, 0.1) is 19.8 Å². The fraction of sp³-hybridized carbons (Fsp3) is 0.450. The van der Waals surface area contributed by atoms with Gasteiger partial charge in [0.25, 0.3) is 0 Å². The van der Waals surface area contributed by atoms with Crippen LogP contribution in [0.3, 0.4) is 0 Å². The maximum absolute atomic E-state index is 12.7. The largest absolute Gasteiger partial charge is 0.454 e. The summed E-state index contributed by atoms with van der Waals surface area (Å²) in [7, 11) is 0. The van der Waals surface area contributed by atoms with Crippen molar-refractivity contribution in [3.8, 4) is 11.5 Å². The average molecular weight is 371 g/mol. The van der Waals surface area contributed by atoms with Crippen LogP contribution in [0.1, 0.15) is 48.1 Å². The molecule has 0 aliphatic carbocycles. The minimum absolute atomic E-state index is 0.109. The number of anilines is 1. The molecule has 144 valence electrons. The molecule has 0 bridgehead atoms. The monoisotopic (exact) mass is 371 g/mol. The van der Waals surface area contributed by atoms with Crippen LogP contribution in [0.4, 0.5) is 5.69 Å². The van der Waals surface area contributed by atoms with Crippen molar-refractivity contribution in [2.45, 2.75) is 47.6 Å². The maximum Gasteiger partial charge on any atom is 0.231 e. The molecule has 3 rings (SSSR count). The molecule has 1 amide bonds. The van der Waals surface area contributed by atoms with Gasteiger partial charge in [-0.25, -0.2) is 0 Å². The molecule has 1 aromatic carbocycles. The number of carbonyl (C=O) groups excluding carboxylic acids is 2. The standard InChI is InChI=1S/C20H25N3O4/c1-11(2)9-23-13(4)15(12(3)22-23)7-20(25)21-17-8-19-18(26-10-27-19)6-16(17)14(5)24/h6,8,11H,7,9-10H2,1-5H3,(H,21,25). The van der Waals surface area contributed by atoms with E-state index < -0.39 is 0 Å². The highest BCUT2D eigenvalue weighted by molar-refractivity contribution is 6.05. The lowest BCUT2D eigenvalue weighted by Gasteiger charge is -2.11. The van der Waals surface area contributed by atoms with Crippen LogP contribution >= 0.6 is 0 Å². The number of fused-ring (bicyclic) bond motifs is 1. The molecule has 2 aromatic rings. The Balaban J connectivity index is 1.81. The third-order valence-corrected chi connectivity index (χ3v) is 4.57. The van der Waals surface area contributed by atoms with Gasteiger partial charge in [-0.05, 0) is 32.8 Å². The molecule has 0 spiro atoms. The maximum atomic E-state index is 12.7. The van der Waals surface area contributed by atoms with Gasteiger partial charge in [0.1, 0.15) is 0 Å². The van der Waals surface area contributed by atoms with Gasteiger partial charge >= 0.3 is 0 Å². The zero-order valence-electron chi connectivity index (χ0n) is 16.4. The van der Waals surface area contributed by atoms with Crippen molar-refractivity contribution in [1.29, 1.82) is 0 Å². The number of ether oxygens (including phenoxy) is 2. The summed E-state index contributed by atoms with van der Waals surface area (Å²) in [5.74, 6) is 1.15. The summed E-state index contributed by atoms with van der Waals surface area (Å²) in [6, 6.07) is 3.25. The molecule has 0 saturated carbocycles. The number of hydrogen-bond acceptors (Lipinski definition) is 5. The van der Waals surface area contributed by atoms with Gasteiger partial charge in [-0.3, -0.25) is 14.3 Å². The number of aromatic nitrogens is 2. The Labute approximate surface area is 158 Å². The number of amides is 1. The normalized spacial score (nSPS) is 12.5. The van der Waals surface area contributed by atoms with Gasteiger partial charge in [-0.15, -0.1) is 0 Å². The first-order chi connectivity index (χ1) is 12.8. The van der Waals surface area contributed by atoms with Crippen molar-refractivity contribution in [3.05, 3.63) is 34.6 Å². The molecule has 7 heteroatoms. The highest BCUT2D eigenvalue weighted by Gasteiger charge is 2.21. The van der Waals surface area contributed by atoms with E-state index in [2.05, 4.69) is 24.3 Å². The number of carbonyl (C=O) groups is 2. The third-order valence-electron chi connectivity index (χ3n) is 4.57. The number of aryl methyl sites for hydroxylation is 1. The molecular weight excluding hydrogens is 346 g/mol. The van der Waals surface area contributed by atoms with Crippen molar-refractivity contribution in [1.82, 2.24) is 9.78 Å². The van der Waals surface area contributed by atoms with Gasteiger partial charge in [0, 0.05) is 29.4 Å². The summed E-state index contributed by atoms with van der Waals surface area (Å²) < 4.78 is 12.6. The van der Waals surface area contributed by atoms with Gasteiger partial charge in [0.05, 0.1) is 17.8 Å². The van der Waals surface area contributed by atoms with Crippen LogP contribution in [0.15, 0.2) is 12.1 Å². The number of nitrogens with one attached hydrogen (secondary N) is 1. The summed E-state index contributed by atoms with van der Waals surface area (Å²) in [6.45, 7) is 10.5. The van der Waals surface area contributed by atoms with Crippen LogP contribution in [0.25, 0.3) is 0 Å². The van der Waals surface area contributed by atoms with E-state index in [1.165, 1.54) is 6.92 Å². The molecule has 1 N–H and O–H groups in total. The van der Waals surface area contributed by atoms with Crippen molar-refractivity contribution in [3.63, 3.8) is 0 Å². The van der Waals surface area contributed by atoms with E-state index in [0.717, 1.165) is 23.5 Å². The summed E-state index contributed by atoms with van der Waals surface area (Å²) in [6.07, 6.45) is 0.196. The van der Waals surface area contributed by atoms with E-state index in [-0.39, 0.29) is 24.9 Å². The van der Waals surface area contributed by atoms with E-state index in [1.54, 1.807) is 12.1 Å². The van der Waals surface area contributed by atoms with Gasteiger partial charge in [0.2, 0.25) is 12.7 Å². The van der Waals surface area contributed by atoms with E-state index in [1.807, 2.05) is 18.5 Å². The average Bonchev–Trinajstić information content (AvgIpc) is 3.13. The minimum Gasteiger partial charge on any atom is -0.454 e. The number of Topliss-reactive ketones (excluding diaryl/α,β-unsaturated/α-hetero) is 1. The molecule has 0 atom stereocenters. The lowest BCUT2D eigenvalue weighted by Crippen LogP contribution is -2.17. The highest BCUT2D eigenvalue weighted by Crippen LogP contribution is 2.37. The van der Waals surface area contributed by atoms with Crippen molar-refractivity contribution in [2.75, 3.05) is 12.1 Å². The first-order valence-electron chi connectivity index (χ1n) is 9.03. The third kappa shape index (κ3) is 3.97. The van der Waals surface area contributed by atoms with Crippen molar-refractivity contribution >= 4 is 17.4 Å². The SMILES string of the molecule is CC(=O)c1cc2c(cc1NC(=O)Cc1c(C)nn(CC(C)C)c1C)OCO2. The molecule has 0 radical (unpaired) electrons. The van der Waals surface area contributed by atoms with E-state index >= 15 is 0 Å². The Morgan fingerprint density at radius 2 is 1.89 bits per heavy atom. The zero-order valence-corrected chi connectivity index (χ0v) is 16.4. The molecule has 27 heavy (non-hydrogen) atoms. The number of hydrogen-bond donors (Lipinski definition) is 1. The van der Waals surface area contributed by atoms with Crippen LogP contribution in [-0.4, -0.2) is 28.3 Å². The number of ketones is 1. The van der Waals surface area contributed by atoms with Gasteiger partial charge in [-0.2, -0.15) is 5.10 Å². The summed E-state index contributed by atoms with van der Waals surface area (Å²) >= 11 is 0. The molecule has 1 aliphatic heterocycles. The molecule has 7 nitrogen and oxygen atoms in total. The second-order valence-corrected chi connectivity index (χ2v) is 7.26. The number of nitrogens with zero attached hydrogens (tertiary/aromatic N) is 2. The Morgan fingerprint density at radius 3 is 2.52 bits per heavy atom. The summed E-state index contributed by atoms with van der Waals surface area (Å²) in [5.41, 5.74) is 3.59. The van der Waals surface area contributed by atoms with Crippen LogP contribution in [-0.2, 0) is 17.8 Å². The topological polar surface area (TPSA) is 82.5 Å². The van der Waals surface area contributed by atoms with Crippen LogP contribution < -0.4 is 14.8 Å². The van der Waals surface area contributed by atoms with Crippen LogP contribution in [0.5, 0.6) is 11.5 Å². The second kappa shape index (κ2) is 7.42. The van der Waals surface area contributed by atoms with E-state index in [4.69, 9.17) is 9.47 Å². The van der Waals surface area contributed by atoms with Gasteiger partial charge in [-0.1, -0.05) is 13.8 Å². The Morgan fingerprint density at radius 1 is 1.22 bits per heavy atom. The highest BCUT2D eigenvalue weighted by atomic mass is 16.7. The Hall–Kier alpha value is -2.83. The molecule has 1 aromatic heterocycles. The predicted octanol–water partition coefficient (Wildman–Crippen LogP) is 3.27. The molecule has 1 aliphatic rings. The van der Waals surface area contributed by atoms with Crippen LogP contribution in [0.2, 0.25) is 0 Å². The van der Waals surface area contributed by atoms with E-state index in [0.29, 0.717) is 28.7 Å². The number of benzene rings is 1. The molecule has 2 heterocycles. The number of rotatable bonds is 6. The van der Waals surface area contributed by atoms with Crippen molar-refractivity contribution < 1.29 is 19.1 Å². The van der Waals surface area contributed by atoms with Gasteiger partial charge in [0.15, 0.2) is 17.3 Å². The predicted molar refractivity (Wildman–Crippen MR) is 101 cm³/mol. The zero-order chi connectivity index (χ0) is 19.7. The quantitative estimate of drug-likeness (QED) is 0.788. The molecule has 0 unspecified atom stereocenters. The lowest BCUT2D eigenvalue weighted by molar-refractivity contribution is -0.115. The Bertz CT molecular complexity index is 899. The van der Waals surface area contributed by atoms with Gasteiger partial charge < -0.3 is 14.8 Å². The first kappa shape index (κ1) is 18.9. The lowest BCUT2D eigenvalue weighted by atomic mass is 10.1. The fourth-order valence-corrected chi connectivity index (χ4v) is 3.21. The minimum atomic E-state index is -0.202. The summed E-state index contributed by atoms with van der Waals surface area (Å²) in [5, 5.41) is 7.39. The second-order valence-electron chi connectivity index (χ2n) is 7.26. The first-order valence-corrected chi connectivity index (χ1v) is 9.03. The van der Waals surface area contributed by atoms with Crippen molar-refractivity contribution in [2.24, 2.45) is 5.92 Å². The fourth-order valence-electron chi connectivity index (χ4n) is 3.21. The van der Waals surface area contributed by atoms with E-state index in [9.17, 15) is 9.59 Å². The smallest absolute Gasteiger partial charge is 0.231 e. The summed E-state index contributed by atoms with van der Waals surface area (Å²) in [4.78, 5) is 24.6.